The number of carbonyl (C=O) groups is 1. The van der Waals surface area contributed by atoms with Gasteiger partial charge in [0.2, 0.25) is 0 Å². The van der Waals surface area contributed by atoms with Crippen LogP contribution in [0.3, 0.4) is 0 Å². The topological polar surface area (TPSA) is 72.2 Å². The molecular formula is C11H16N2O3. The van der Waals surface area contributed by atoms with Gasteiger partial charge in [0, 0.05) is 24.7 Å². The second-order valence-electron chi connectivity index (χ2n) is 3.79. The Hall–Kier alpha value is -1.65. The molecule has 0 fully saturated rings. The van der Waals surface area contributed by atoms with Gasteiger partial charge in [-0.25, -0.2) is 4.98 Å². The van der Waals surface area contributed by atoms with Gasteiger partial charge in [0.25, 0.3) is 5.56 Å². The van der Waals surface area contributed by atoms with E-state index in [2.05, 4.69) is 4.98 Å². The second kappa shape index (κ2) is 5.44. The van der Waals surface area contributed by atoms with Crippen molar-refractivity contribution < 1.29 is 9.90 Å². The Morgan fingerprint density at radius 3 is 2.69 bits per heavy atom. The van der Waals surface area contributed by atoms with Gasteiger partial charge in [-0.1, -0.05) is 0 Å². The second-order valence-corrected chi connectivity index (χ2v) is 3.79. The summed E-state index contributed by atoms with van der Waals surface area (Å²) in [5.74, 6) is -0.119. The van der Waals surface area contributed by atoms with E-state index in [9.17, 15) is 9.59 Å². The van der Waals surface area contributed by atoms with E-state index in [4.69, 9.17) is 5.11 Å². The summed E-state index contributed by atoms with van der Waals surface area (Å²) < 4.78 is 1.58. The Morgan fingerprint density at radius 2 is 2.12 bits per heavy atom. The molecule has 1 aromatic rings. The molecule has 0 amide bonds. The Kier molecular flexibility index (Phi) is 4.22. The van der Waals surface area contributed by atoms with Crippen LogP contribution in [0.4, 0.5) is 0 Å². The standard InChI is InChI=1S/C11H16N2O3/c1-8-7-10(14)13(9(2)12-8)6-4-3-5-11(15)16/h7H,3-6H2,1-2H3,(H,15,16). The number of carboxylic acids is 1. The molecule has 0 radical (unpaired) electrons. The number of nitrogens with zero attached hydrogens (tertiary/aromatic N) is 2. The first-order valence-electron chi connectivity index (χ1n) is 5.27. The van der Waals surface area contributed by atoms with Crippen LogP contribution < -0.4 is 5.56 Å². The minimum atomic E-state index is -0.800. The van der Waals surface area contributed by atoms with Crippen molar-refractivity contribution in [3.05, 3.63) is 27.9 Å². The van der Waals surface area contributed by atoms with Crippen LogP contribution in [0.1, 0.15) is 30.8 Å². The molecule has 0 aliphatic rings. The van der Waals surface area contributed by atoms with E-state index >= 15 is 0 Å². The van der Waals surface area contributed by atoms with Crippen molar-refractivity contribution >= 4 is 5.97 Å². The third kappa shape index (κ3) is 3.49. The number of aromatic nitrogens is 2. The first kappa shape index (κ1) is 12.4. The van der Waals surface area contributed by atoms with E-state index in [0.29, 0.717) is 30.9 Å². The summed E-state index contributed by atoms with van der Waals surface area (Å²) in [7, 11) is 0. The van der Waals surface area contributed by atoms with Crippen LogP contribution in [0.2, 0.25) is 0 Å². The first-order chi connectivity index (χ1) is 7.50. The van der Waals surface area contributed by atoms with Crippen LogP contribution in [0.15, 0.2) is 10.9 Å². The number of aryl methyl sites for hydroxylation is 2. The maximum atomic E-state index is 11.6. The van der Waals surface area contributed by atoms with Gasteiger partial charge < -0.3 is 5.11 Å². The third-order valence-electron chi connectivity index (χ3n) is 2.35. The van der Waals surface area contributed by atoms with Crippen molar-refractivity contribution in [1.29, 1.82) is 0 Å². The molecule has 1 rings (SSSR count). The number of rotatable bonds is 5. The minimum Gasteiger partial charge on any atom is -0.481 e. The molecule has 0 atom stereocenters. The Labute approximate surface area is 93.8 Å². The Balaban J connectivity index is 2.61. The van der Waals surface area contributed by atoms with Gasteiger partial charge in [-0.15, -0.1) is 0 Å². The largest absolute Gasteiger partial charge is 0.481 e. The summed E-state index contributed by atoms with van der Waals surface area (Å²) in [5, 5.41) is 8.48. The summed E-state index contributed by atoms with van der Waals surface area (Å²) in [6.45, 7) is 4.10. The zero-order valence-corrected chi connectivity index (χ0v) is 9.56. The molecule has 0 aromatic carbocycles. The predicted molar refractivity (Wildman–Crippen MR) is 59.5 cm³/mol. The van der Waals surface area contributed by atoms with E-state index in [1.54, 1.807) is 18.4 Å². The number of aliphatic carboxylic acids is 1. The molecule has 1 N–H and O–H groups in total. The summed E-state index contributed by atoms with van der Waals surface area (Å²) >= 11 is 0. The molecule has 5 heteroatoms. The summed E-state index contributed by atoms with van der Waals surface area (Å²) in [6.07, 6.45) is 1.40. The van der Waals surface area contributed by atoms with Gasteiger partial charge in [0.05, 0.1) is 0 Å². The molecule has 0 saturated heterocycles. The number of hydrogen-bond donors (Lipinski definition) is 1. The lowest BCUT2D eigenvalue weighted by Gasteiger charge is -2.08. The van der Waals surface area contributed by atoms with Crippen molar-refractivity contribution in [3.63, 3.8) is 0 Å². The highest BCUT2D eigenvalue weighted by Gasteiger charge is 2.03. The fourth-order valence-electron chi connectivity index (χ4n) is 1.58. The van der Waals surface area contributed by atoms with E-state index in [0.717, 1.165) is 0 Å². The van der Waals surface area contributed by atoms with Gasteiger partial charge in [0.1, 0.15) is 5.82 Å². The molecule has 1 aromatic heterocycles. The number of unbranched alkanes of at least 4 members (excludes halogenated alkanes) is 1. The average molecular weight is 224 g/mol. The summed E-state index contributed by atoms with van der Waals surface area (Å²) in [6, 6.07) is 1.49. The lowest BCUT2D eigenvalue weighted by molar-refractivity contribution is -0.137. The highest BCUT2D eigenvalue weighted by Crippen LogP contribution is 2.00. The van der Waals surface area contributed by atoms with Crippen molar-refractivity contribution in [2.45, 2.75) is 39.7 Å². The molecular weight excluding hydrogens is 208 g/mol. The Morgan fingerprint density at radius 1 is 1.44 bits per heavy atom. The van der Waals surface area contributed by atoms with Crippen LogP contribution in [0.25, 0.3) is 0 Å². The van der Waals surface area contributed by atoms with Crippen LogP contribution in [-0.2, 0) is 11.3 Å². The molecule has 88 valence electrons. The molecule has 1 heterocycles. The normalized spacial score (nSPS) is 10.4. The lowest BCUT2D eigenvalue weighted by atomic mass is 10.2. The molecule has 0 spiro atoms. The first-order valence-corrected chi connectivity index (χ1v) is 5.27. The molecule has 0 aliphatic heterocycles. The van der Waals surface area contributed by atoms with Crippen molar-refractivity contribution in [2.75, 3.05) is 0 Å². The quantitative estimate of drug-likeness (QED) is 0.760. The third-order valence-corrected chi connectivity index (χ3v) is 2.35. The molecule has 0 aliphatic carbocycles. The molecule has 16 heavy (non-hydrogen) atoms. The van der Waals surface area contributed by atoms with Crippen molar-refractivity contribution in [1.82, 2.24) is 9.55 Å². The lowest BCUT2D eigenvalue weighted by Crippen LogP contribution is -2.23. The van der Waals surface area contributed by atoms with E-state index < -0.39 is 5.97 Å². The smallest absolute Gasteiger partial charge is 0.303 e. The maximum absolute atomic E-state index is 11.6. The minimum absolute atomic E-state index is 0.0691. The Bertz CT molecular complexity index is 437. The SMILES string of the molecule is Cc1cc(=O)n(CCCCC(=O)O)c(C)n1. The van der Waals surface area contributed by atoms with E-state index in [1.165, 1.54) is 6.07 Å². The predicted octanol–water partition coefficient (Wildman–Crippen LogP) is 1.12. The molecule has 5 nitrogen and oxygen atoms in total. The molecule has 0 saturated carbocycles. The van der Waals surface area contributed by atoms with Gasteiger partial charge in [-0.2, -0.15) is 0 Å². The highest BCUT2D eigenvalue weighted by atomic mass is 16.4. The molecule has 0 bridgehead atoms. The monoisotopic (exact) mass is 224 g/mol. The number of hydrogen-bond acceptors (Lipinski definition) is 3. The van der Waals surface area contributed by atoms with E-state index in [-0.39, 0.29) is 12.0 Å². The van der Waals surface area contributed by atoms with Crippen LogP contribution in [0, 0.1) is 13.8 Å². The van der Waals surface area contributed by atoms with Gasteiger partial charge >= 0.3 is 5.97 Å². The van der Waals surface area contributed by atoms with Crippen LogP contribution in [-0.4, -0.2) is 20.6 Å². The van der Waals surface area contributed by atoms with Crippen molar-refractivity contribution in [3.8, 4) is 0 Å². The number of carboxylic acid groups (broad SMARTS) is 1. The maximum Gasteiger partial charge on any atom is 0.303 e. The average Bonchev–Trinajstić information content (AvgIpc) is 2.14. The summed E-state index contributed by atoms with van der Waals surface area (Å²) in [4.78, 5) is 26.1. The van der Waals surface area contributed by atoms with Gasteiger partial charge in [-0.05, 0) is 26.7 Å². The van der Waals surface area contributed by atoms with Gasteiger partial charge in [0.15, 0.2) is 0 Å². The highest BCUT2D eigenvalue weighted by molar-refractivity contribution is 5.66. The fraction of sp³-hybridized carbons (Fsp3) is 0.545. The zero-order valence-electron chi connectivity index (χ0n) is 9.56. The molecule has 0 unspecified atom stereocenters. The van der Waals surface area contributed by atoms with Crippen LogP contribution in [0.5, 0.6) is 0 Å². The summed E-state index contributed by atoms with van der Waals surface area (Å²) in [5.41, 5.74) is 0.643. The van der Waals surface area contributed by atoms with E-state index in [1.807, 2.05) is 0 Å². The van der Waals surface area contributed by atoms with Crippen LogP contribution >= 0.6 is 0 Å². The zero-order chi connectivity index (χ0) is 12.1. The van der Waals surface area contributed by atoms with Crippen molar-refractivity contribution in [2.24, 2.45) is 0 Å². The fourth-order valence-corrected chi connectivity index (χ4v) is 1.58. The van der Waals surface area contributed by atoms with Gasteiger partial charge in [-0.3, -0.25) is 14.2 Å².